The Morgan fingerprint density at radius 3 is 2.50 bits per heavy atom. The summed E-state index contributed by atoms with van der Waals surface area (Å²) in [5, 5.41) is 8.25. The van der Waals surface area contributed by atoms with Gasteiger partial charge in [-0.3, -0.25) is 0 Å². The summed E-state index contributed by atoms with van der Waals surface area (Å²) in [7, 11) is -2.24. The van der Waals surface area contributed by atoms with Crippen molar-refractivity contribution in [1.29, 1.82) is 0 Å². The first-order valence-corrected chi connectivity index (χ1v) is 10.0. The van der Waals surface area contributed by atoms with Crippen LogP contribution in [0.25, 0.3) is 0 Å². The third-order valence-corrected chi connectivity index (χ3v) is 6.79. The molecule has 2 heterocycles. The molecule has 1 aromatic carbocycles. The topological polar surface area (TPSA) is 81.6 Å². The number of hydrogen-bond acceptors (Lipinski definition) is 6. The van der Waals surface area contributed by atoms with Gasteiger partial charge in [0.1, 0.15) is 11.0 Å². The fourth-order valence-electron chi connectivity index (χ4n) is 2.63. The Hall–Kier alpha value is -1.61. The van der Waals surface area contributed by atoms with Crippen LogP contribution in [0, 0.1) is 6.92 Å². The van der Waals surface area contributed by atoms with Gasteiger partial charge in [0, 0.05) is 23.7 Å². The van der Waals surface area contributed by atoms with Crippen LogP contribution < -0.4 is 9.47 Å². The van der Waals surface area contributed by atoms with E-state index in [0.29, 0.717) is 35.3 Å². The average Bonchev–Trinajstić information content (AvgIpc) is 3.08. The van der Waals surface area contributed by atoms with Crippen LogP contribution in [0.1, 0.15) is 12.0 Å². The Labute approximate surface area is 161 Å². The van der Waals surface area contributed by atoms with Gasteiger partial charge in [0.05, 0.1) is 18.7 Å². The van der Waals surface area contributed by atoms with Crippen molar-refractivity contribution in [3.63, 3.8) is 0 Å². The third-order valence-electron chi connectivity index (χ3n) is 4.05. The molecule has 1 saturated heterocycles. The van der Waals surface area contributed by atoms with E-state index in [1.54, 1.807) is 19.1 Å². The lowest BCUT2D eigenvalue weighted by atomic mass is 10.2. The van der Waals surface area contributed by atoms with Crippen LogP contribution in [0.5, 0.6) is 11.8 Å². The van der Waals surface area contributed by atoms with Crippen LogP contribution in [0.3, 0.4) is 0 Å². The van der Waals surface area contributed by atoms with E-state index in [9.17, 15) is 8.42 Å². The lowest BCUT2D eigenvalue weighted by molar-refractivity contribution is 0.203. The highest BCUT2D eigenvalue weighted by Crippen LogP contribution is 2.32. The first-order valence-electron chi connectivity index (χ1n) is 7.81. The van der Waals surface area contributed by atoms with E-state index < -0.39 is 10.0 Å². The molecule has 7 nitrogen and oxygen atoms in total. The fraction of sp³-hybridized carbons (Fsp3) is 0.375. The van der Waals surface area contributed by atoms with E-state index in [1.807, 2.05) is 0 Å². The largest absolute Gasteiger partial charge is 0.480 e. The fourth-order valence-corrected chi connectivity index (χ4v) is 4.92. The molecular weight excluding hydrogens is 401 g/mol. The predicted molar refractivity (Wildman–Crippen MR) is 97.6 cm³/mol. The van der Waals surface area contributed by atoms with E-state index in [0.717, 1.165) is 0 Å². The molecule has 1 aliphatic heterocycles. The molecule has 0 bridgehead atoms. The van der Waals surface area contributed by atoms with Crippen LogP contribution >= 0.6 is 23.2 Å². The number of benzene rings is 1. The zero-order chi connectivity index (χ0) is 18.9. The Morgan fingerprint density at radius 1 is 1.15 bits per heavy atom. The summed E-state index contributed by atoms with van der Waals surface area (Å²) in [5.41, 5.74) is 0.648. The minimum absolute atomic E-state index is 0.0472. The molecule has 2 aromatic rings. The maximum atomic E-state index is 12.9. The van der Waals surface area contributed by atoms with Crippen LogP contribution in [0.15, 0.2) is 29.2 Å². The molecule has 10 heteroatoms. The third kappa shape index (κ3) is 3.88. The van der Waals surface area contributed by atoms with Crippen molar-refractivity contribution in [2.45, 2.75) is 24.3 Å². The van der Waals surface area contributed by atoms with Crippen molar-refractivity contribution in [2.24, 2.45) is 0 Å². The first-order chi connectivity index (χ1) is 12.3. The predicted octanol–water partition coefficient (Wildman–Crippen LogP) is 2.94. The second-order valence-electron chi connectivity index (χ2n) is 5.84. The monoisotopic (exact) mass is 417 g/mol. The number of rotatable bonds is 5. The standard InChI is InChI=1S/C16H17Cl2N3O4S/c1-10-7-14(13(18)8-12(10)17)26(22,23)21-6-5-11(9-21)25-16-4-3-15(24-2)19-20-16/h3-4,7-8,11H,5-6,9H2,1-2H3. The van der Waals surface area contributed by atoms with Crippen molar-refractivity contribution in [3.8, 4) is 11.8 Å². The molecule has 1 atom stereocenters. The Bertz CT molecular complexity index is 906. The van der Waals surface area contributed by atoms with Crippen molar-refractivity contribution < 1.29 is 17.9 Å². The number of aromatic nitrogens is 2. The molecule has 0 radical (unpaired) electrons. The summed E-state index contributed by atoms with van der Waals surface area (Å²) in [6.45, 7) is 2.26. The van der Waals surface area contributed by atoms with Gasteiger partial charge in [0.2, 0.25) is 21.8 Å². The maximum Gasteiger partial charge on any atom is 0.244 e. The maximum absolute atomic E-state index is 12.9. The SMILES string of the molecule is COc1ccc(OC2CCN(S(=O)(=O)c3cc(C)c(Cl)cc3Cl)C2)nn1. The molecule has 1 fully saturated rings. The summed E-state index contributed by atoms with van der Waals surface area (Å²) < 4.78 is 37.8. The summed E-state index contributed by atoms with van der Waals surface area (Å²) >= 11 is 12.1. The molecular formula is C16H17Cl2N3O4S. The molecule has 3 rings (SSSR count). The van der Waals surface area contributed by atoms with Crippen molar-refractivity contribution in [3.05, 3.63) is 39.9 Å². The zero-order valence-electron chi connectivity index (χ0n) is 14.1. The van der Waals surface area contributed by atoms with Crippen molar-refractivity contribution >= 4 is 33.2 Å². The number of methoxy groups -OCH3 is 1. The van der Waals surface area contributed by atoms with E-state index in [2.05, 4.69) is 10.2 Å². The summed E-state index contributed by atoms with van der Waals surface area (Å²) in [6.07, 6.45) is 0.219. The lowest BCUT2D eigenvalue weighted by Gasteiger charge is -2.18. The first kappa shape index (κ1) is 19.2. The molecule has 1 aromatic heterocycles. The van der Waals surface area contributed by atoms with Crippen LogP contribution in [-0.2, 0) is 10.0 Å². The number of halogens is 2. The Kier molecular flexibility index (Phi) is 5.57. The molecule has 1 unspecified atom stereocenters. The van der Waals surface area contributed by atoms with Crippen molar-refractivity contribution in [2.75, 3.05) is 20.2 Å². The quantitative estimate of drug-likeness (QED) is 0.743. The number of hydrogen-bond donors (Lipinski definition) is 0. The van der Waals surface area contributed by atoms with E-state index in [4.69, 9.17) is 32.7 Å². The van der Waals surface area contributed by atoms with E-state index in [-0.39, 0.29) is 22.6 Å². The van der Waals surface area contributed by atoms with Crippen molar-refractivity contribution in [1.82, 2.24) is 14.5 Å². The Balaban J connectivity index is 1.74. The molecule has 0 spiro atoms. The second-order valence-corrected chi connectivity index (χ2v) is 8.56. The van der Waals surface area contributed by atoms with Gasteiger partial charge in [-0.25, -0.2) is 8.42 Å². The smallest absolute Gasteiger partial charge is 0.244 e. The van der Waals surface area contributed by atoms with Gasteiger partial charge in [-0.1, -0.05) is 23.2 Å². The molecule has 1 aliphatic rings. The van der Waals surface area contributed by atoms with Crippen LogP contribution in [0.4, 0.5) is 0 Å². The van der Waals surface area contributed by atoms with Crippen LogP contribution in [-0.4, -0.2) is 49.2 Å². The Morgan fingerprint density at radius 2 is 1.85 bits per heavy atom. The van der Waals surface area contributed by atoms with Gasteiger partial charge < -0.3 is 9.47 Å². The summed E-state index contributed by atoms with van der Waals surface area (Å²) in [4.78, 5) is 0.0472. The zero-order valence-corrected chi connectivity index (χ0v) is 16.5. The summed E-state index contributed by atoms with van der Waals surface area (Å²) in [6, 6.07) is 6.19. The highest BCUT2D eigenvalue weighted by molar-refractivity contribution is 7.89. The van der Waals surface area contributed by atoms with Gasteiger partial charge in [-0.15, -0.1) is 10.2 Å². The number of ether oxygens (including phenoxy) is 2. The number of nitrogens with zero attached hydrogens (tertiary/aromatic N) is 3. The molecule has 0 amide bonds. The molecule has 0 N–H and O–H groups in total. The van der Waals surface area contributed by atoms with Gasteiger partial charge in [0.25, 0.3) is 0 Å². The lowest BCUT2D eigenvalue weighted by Crippen LogP contribution is -2.31. The molecule has 0 aliphatic carbocycles. The number of sulfonamides is 1. The normalized spacial score (nSPS) is 18.1. The van der Waals surface area contributed by atoms with E-state index in [1.165, 1.54) is 23.5 Å². The van der Waals surface area contributed by atoms with Gasteiger partial charge in [0.15, 0.2) is 0 Å². The van der Waals surface area contributed by atoms with Gasteiger partial charge in [-0.05, 0) is 31.0 Å². The highest BCUT2D eigenvalue weighted by Gasteiger charge is 2.35. The second kappa shape index (κ2) is 7.56. The minimum atomic E-state index is -3.74. The molecule has 140 valence electrons. The molecule has 26 heavy (non-hydrogen) atoms. The average molecular weight is 418 g/mol. The van der Waals surface area contributed by atoms with Crippen LogP contribution in [0.2, 0.25) is 10.0 Å². The van der Waals surface area contributed by atoms with Gasteiger partial charge in [-0.2, -0.15) is 4.31 Å². The molecule has 0 saturated carbocycles. The van der Waals surface area contributed by atoms with Gasteiger partial charge >= 0.3 is 0 Å². The summed E-state index contributed by atoms with van der Waals surface area (Å²) in [5.74, 6) is 0.691. The number of aryl methyl sites for hydroxylation is 1. The minimum Gasteiger partial charge on any atom is -0.480 e. The van der Waals surface area contributed by atoms with E-state index >= 15 is 0 Å². The highest BCUT2D eigenvalue weighted by atomic mass is 35.5.